The van der Waals surface area contributed by atoms with E-state index in [4.69, 9.17) is 11.6 Å². The Labute approximate surface area is 192 Å². The zero-order valence-corrected chi connectivity index (χ0v) is 18.3. The summed E-state index contributed by atoms with van der Waals surface area (Å²) in [4.78, 5) is 46.0. The fraction of sp³-hybridized carbons (Fsp3) is 0.0833. The molecule has 5 rings (SSSR count). The van der Waals surface area contributed by atoms with Crippen molar-refractivity contribution in [3.05, 3.63) is 94.5 Å². The van der Waals surface area contributed by atoms with Crippen molar-refractivity contribution < 1.29 is 14.4 Å². The number of rotatable bonds is 5. The van der Waals surface area contributed by atoms with Gasteiger partial charge in [-0.15, -0.1) is 0 Å². The number of amides is 3. The first-order valence-electron chi connectivity index (χ1n) is 9.87. The molecule has 1 aliphatic rings. The van der Waals surface area contributed by atoms with Crippen LogP contribution in [0.2, 0.25) is 5.02 Å². The fourth-order valence-electron chi connectivity index (χ4n) is 3.63. The zero-order valence-electron chi connectivity index (χ0n) is 16.7. The Bertz CT molecular complexity index is 1330. The van der Waals surface area contributed by atoms with Gasteiger partial charge in [0, 0.05) is 5.02 Å². The molecule has 0 saturated carbocycles. The van der Waals surface area contributed by atoms with E-state index in [0.29, 0.717) is 21.3 Å². The molecule has 32 heavy (non-hydrogen) atoms. The molecule has 0 unspecified atom stereocenters. The smallest absolute Gasteiger partial charge is 0.262 e. The lowest BCUT2D eigenvalue weighted by molar-refractivity contribution is -0.119. The molecule has 0 bridgehead atoms. The molecule has 1 aliphatic heterocycles. The number of imide groups is 1. The lowest BCUT2D eigenvalue weighted by atomic mass is 10.1. The third-order valence-electron chi connectivity index (χ3n) is 5.23. The number of carbonyl (C=O) groups excluding carboxylic acids is 3. The van der Waals surface area contributed by atoms with Gasteiger partial charge in [-0.2, -0.15) is 0 Å². The van der Waals surface area contributed by atoms with Crippen LogP contribution in [0.15, 0.2) is 72.8 Å². The highest BCUT2D eigenvalue weighted by Gasteiger charge is 2.37. The molecule has 158 valence electrons. The second-order valence-electron chi connectivity index (χ2n) is 7.32. The number of anilines is 1. The molecule has 0 aliphatic carbocycles. The molecule has 6 nitrogen and oxygen atoms in total. The molecule has 0 atom stereocenters. The third kappa shape index (κ3) is 3.66. The molecule has 0 radical (unpaired) electrons. The van der Waals surface area contributed by atoms with E-state index in [0.717, 1.165) is 20.7 Å². The summed E-state index contributed by atoms with van der Waals surface area (Å²) in [5, 5.41) is 1.06. The molecule has 3 amide bonds. The lowest BCUT2D eigenvalue weighted by Crippen LogP contribution is -2.42. The summed E-state index contributed by atoms with van der Waals surface area (Å²) in [6.45, 7) is -0.105. The van der Waals surface area contributed by atoms with Crippen LogP contribution in [0.25, 0.3) is 10.2 Å². The Hall–Kier alpha value is -3.55. The Morgan fingerprint density at radius 2 is 1.59 bits per heavy atom. The molecular formula is C24H16ClN3O3S. The van der Waals surface area contributed by atoms with E-state index in [9.17, 15) is 14.4 Å². The zero-order chi connectivity index (χ0) is 22.2. The van der Waals surface area contributed by atoms with Gasteiger partial charge in [-0.05, 0) is 35.9 Å². The van der Waals surface area contributed by atoms with Gasteiger partial charge in [0.15, 0.2) is 5.13 Å². The van der Waals surface area contributed by atoms with Gasteiger partial charge in [-0.3, -0.25) is 24.2 Å². The molecule has 4 aromatic rings. The molecule has 1 aromatic heterocycles. The van der Waals surface area contributed by atoms with Crippen molar-refractivity contribution in [2.75, 3.05) is 11.4 Å². The predicted molar refractivity (Wildman–Crippen MR) is 124 cm³/mol. The summed E-state index contributed by atoms with van der Waals surface area (Å²) in [6.07, 6.45) is 0. The van der Waals surface area contributed by atoms with E-state index in [-0.39, 0.29) is 13.1 Å². The Morgan fingerprint density at radius 1 is 0.938 bits per heavy atom. The number of fused-ring (bicyclic) bond motifs is 2. The summed E-state index contributed by atoms with van der Waals surface area (Å²) < 4.78 is 0.846. The van der Waals surface area contributed by atoms with Crippen molar-refractivity contribution in [1.29, 1.82) is 0 Å². The maximum absolute atomic E-state index is 13.4. The largest absolute Gasteiger partial charge is 0.282 e. The second-order valence-corrected chi connectivity index (χ2v) is 8.76. The van der Waals surface area contributed by atoms with Crippen LogP contribution in [-0.4, -0.2) is 34.2 Å². The van der Waals surface area contributed by atoms with Crippen LogP contribution < -0.4 is 4.90 Å². The van der Waals surface area contributed by atoms with Gasteiger partial charge in [0.1, 0.15) is 6.54 Å². The van der Waals surface area contributed by atoms with E-state index >= 15 is 0 Å². The second kappa shape index (κ2) is 8.18. The highest BCUT2D eigenvalue weighted by atomic mass is 35.5. The normalized spacial score (nSPS) is 13.0. The van der Waals surface area contributed by atoms with Crippen LogP contribution >= 0.6 is 22.9 Å². The molecule has 0 saturated heterocycles. The highest BCUT2D eigenvalue weighted by Crippen LogP contribution is 2.32. The first kappa shape index (κ1) is 20.4. The van der Waals surface area contributed by atoms with Gasteiger partial charge in [0.05, 0.1) is 27.9 Å². The summed E-state index contributed by atoms with van der Waals surface area (Å²) >= 11 is 7.44. The molecule has 8 heteroatoms. The van der Waals surface area contributed by atoms with Crippen molar-refractivity contribution in [2.45, 2.75) is 6.54 Å². The highest BCUT2D eigenvalue weighted by molar-refractivity contribution is 7.22. The minimum absolute atomic E-state index is 0.260. The summed E-state index contributed by atoms with van der Waals surface area (Å²) in [6, 6.07) is 21.4. The fourth-order valence-corrected chi connectivity index (χ4v) is 4.89. The Kier molecular flexibility index (Phi) is 5.20. The Balaban J connectivity index is 1.48. The van der Waals surface area contributed by atoms with Crippen molar-refractivity contribution in [2.24, 2.45) is 0 Å². The van der Waals surface area contributed by atoms with E-state index in [1.807, 2.05) is 30.3 Å². The maximum Gasteiger partial charge on any atom is 0.262 e. The van der Waals surface area contributed by atoms with Crippen LogP contribution in [0.3, 0.4) is 0 Å². The number of hydrogen-bond acceptors (Lipinski definition) is 5. The van der Waals surface area contributed by atoms with Crippen LogP contribution in [0.4, 0.5) is 5.13 Å². The number of thiazole rings is 1. The van der Waals surface area contributed by atoms with Crippen molar-refractivity contribution in [3.8, 4) is 0 Å². The van der Waals surface area contributed by atoms with E-state index in [1.165, 1.54) is 16.2 Å². The van der Waals surface area contributed by atoms with E-state index < -0.39 is 17.7 Å². The maximum atomic E-state index is 13.4. The van der Waals surface area contributed by atoms with Crippen molar-refractivity contribution >= 4 is 56.0 Å². The summed E-state index contributed by atoms with van der Waals surface area (Å²) in [7, 11) is 0. The van der Waals surface area contributed by atoms with Crippen LogP contribution in [0.1, 0.15) is 26.3 Å². The first-order chi connectivity index (χ1) is 15.5. The van der Waals surface area contributed by atoms with Gasteiger partial charge in [0.2, 0.25) is 5.91 Å². The van der Waals surface area contributed by atoms with Gasteiger partial charge in [0.25, 0.3) is 11.8 Å². The molecule has 0 N–H and O–H groups in total. The van der Waals surface area contributed by atoms with Gasteiger partial charge < -0.3 is 0 Å². The standard InChI is InChI=1S/C24H16ClN3O3S/c25-16-10-11-19-20(12-16)32-24(26-19)27(13-15-6-2-1-3-7-15)21(29)14-28-22(30)17-8-4-5-9-18(17)23(28)31/h1-12H,13-14H2. The van der Waals surface area contributed by atoms with Crippen molar-refractivity contribution in [1.82, 2.24) is 9.88 Å². The van der Waals surface area contributed by atoms with Crippen molar-refractivity contribution in [3.63, 3.8) is 0 Å². The van der Waals surface area contributed by atoms with Crippen LogP contribution in [0.5, 0.6) is 0 Å². The van der Waals surface area contributed by atoms with Crippen LogP contribution in [0, 0.1) is 0 Å². The molecule has 0 fully saturated rings. The van der Waals surface area contributed by atoms with Gasteiger partial charge >= 0.3 is 0 Å². The minimum Gasteiger partial charge on any atom is -0.282 e. The van der Waals surface area contributed by atoms with Gasteiger partial charge in [-0.25, -0.2) is 4.98 Å². The Morgan fingerprint density at radius 3 is 2.28 bits per heavy atom. The number of benzene rings is 3. The van der Waals surface area contributed by atoms with Gasteiger partial charge in [-0.1, -0.05) is 65.4 Å². The monoisotopic (exact) mass is 461 g/mol. The van der Waals surface area contributed by atoms with Crippen LogP contribution in [-0.2, 0) is 11.3 Å². The molecular weight excluding hydrogens is 446 g/mol. The number of carbonyl (C=O) groups is 3. The lowest BCUT2D eigenvalue weighted by Gasteiger charge is -2.22. The average Bonchev–Trinajstić information content (AvgIpc) is 3.32. The third-order valence-corrected chi connectivity index (χ3v) is 6.50. The molecule has 2 heterocycles. The average molecular weight is 462 g/mol. The number of hydrogen-bond donors (Lipinski definition) is 0. The number of halogens is 1. The topological polar surface area (TPSA) is 70.6 Å². The summed E-state index contributed by atoms with van der Waals surface area (Å²) in [5.74, 6) is -1.32. The SMILES string of the molecule is O=C1c2ccccc2C(=O)N1CC(=O)N(Cc1ccccc1)c1nc2ccc(Cl)cc2s1. The number of nitrogens with zero attached hydrogens (tertiary/aromatic N) is 3. The van der Waals surface area contributed by atoms with E-state index in [1.54, 1.807) is 42.5 Å². The number of aromatic nitrogens is 1. The minimum atomic E-state index is -0.463. The summed E-state index contributed by atoms with van der Waals surface area (Å²) in [5.41, 5.74) is 2.26. The van der Waals surface area contributed by atoms with E-state index in [2.05, 4.69) is 4.98 Å². The molecule has 3 aromatic carbocycles. The quantitative estimate of drug-likeness (QED) is 0.401. The first-order valence-corrected chi connectivity index (χ1v) is 11.1. The predicted octanol–water partition coefficient (Wildman–Crippen LogP) is 4.78. The molecule has 0 spiro atoms.